The largest absolute Gasteiger partial charge is 0.353 e. The summed E-state index contributed by atoms with van der Waals surface area (Å²) in [7, 11) is 0. The van der Waals surface area contributed by atoms with Gasteiger partial charge in [-0.2, -0.15) is 0 Å². The molecule has 2 aromatic carbocycles. The molecule has 39 heavy (non-hydrogen) atoms. The van der Waals surface area contributed by atoms with E-state index in [9.17, 15) is 14.4 Å². The molecule has 1 aliphatic carbocycles. The van der Waals surface area contributed by atoms with E-state index >= 15 is 0 Å². The van der Waals surface area contributed by atoms with Gasteiger partial charge in [-0.3, -0.25) is 14.4 Å². The van der Waals surface area contributed by atoms with Gasteiger partial charge in [-0.15, -0.1) is 0 Å². The number of nitrogens with zero attached hydrogens (tertiary/aromatic N) is 1. The van der Waals surface area contributed by atoms with Crippen molar-refractivity contribution in [2.75, 3.05) is 19.6 Å². The molecule has 1 aliphatic heterocycles. The minimum absolute atomic E-state index is 0.0179. The van der Waals surface area contributed by atoms with E-state index in [0.29, 0.717) is 12.5 Å². The lowest BCUT2D eigenvalue weighted by molar-refractivity contribution is -0.127. The third kappa shape index (κ3) is 9.03. The summed E-state index contributed by atoms with van der Waals surface area (Å²) in [6.45, 7) is 7.67. The molecule has 0 unspecified atom stereocenters. The molecule has 4 rings (SSSR count). The van der Waals surface area contributed by atoms with E-state index in [4.69, 9.17) is 0 Å². The van der Waals surface area contributed by atoms with Crippen LogP contribution < -0.4 is 10.6 Å². The van der Waals surface area contributed by atoms with Crippen molar-refractivity contribution in [1.29, 1.82) is 0 Å². The van der Waals surface area contributed by atoms with E-state index in [1.807, 2.05) is 50.2 Å². The van der Waals surface area contributed by atoms with Crippen molar-refractivity contribution < 1.29 is 14.4 Å². The first-order valence-electron chi connectivity index (χ1n) is 14.9. The van der Waals surface area contributed by atoms with Crippen molar-refractivity contribution in [1.82, 2.24) is 15.5 Å². The average molecular weight is 532 g/mol. The van der Waals surface area contributed by atoms with Gasteiger partial charge in [0.15, 0.2) is 5.78 Å². The van der Waals surface area contributed by atoms with Crippen LogP contribution in [0.5, 0.6) is 0 Å². The van der Waals surface area contributed by atoms with Crippen molar-refractivity contribution in [3.8, 4) is 0 Å². The van der Waals surface area contributed by atoms with E-state index in [0.717, 1.165) is 69.3 Å². The molecule has 2 N–H and O–H groups in total. The van der Waals surface area contributed by atoms with Crippen LogP contribution in [0.25, 0.3) is 0 Å². The van der Waals surface area contributed by atoms with Gasteiger partial charge in [-0.1, -0.05) is 56.3 Å². The van der Waals surface area contributed by atoms with Crippen LogP contribution in [0.2, 0.25) is 0 Å². The highest BCUT2D eigenvalue weighted by Crippen LogP contribution is 2.28. The second-order valence-electron chi connectivity index (χ2n) is 11.7. The molecule has 0 radical (unpaired) electrons. The highest BCUT2D eigenvalue weighted by molar-refractivity contribution is 5.97. The highest BCUT2D eigenvalue weighted by Gasteiger charge is 2.24. The zero-order valence-electron chi connectivity index (χ0n) is 23.7. The Morgan fingerprint density at radius 2 is 1.56 bits per heavy atom. The van der Waals surface area contributed by atoms with Crippen LogP contribution in [0, 0.1) is 11.8 Å². The maximum absolute atomic E-state index is 12.4. The molecule has 1 fully saturated rings. The zero-order valence-corrected chi connectivity index (χ0v) is 23.7. The monoisotopic (exact) mass is 531 g/mol. The summed E-state index contributed by atoms with van der Waals surface area (Å²) in [5.41, 5.74) is 4.64. The lowest BCUT2D eigenvalue weighted by Gasteiger charge is -2.30. The molecule has 1 saturated carbocycles. The Hall–Kier alpha value is -2.99. The number of rotatable bonds is 11. The SMILES string of the molecule is CC(C)C(=O)c1ccc2c(c1)CCN(CCC1CCC(NC(=O)CCC(=O)NCc3ccccc3)CC1)CC2. The standard InChI is InChI=1S/C33H45N3O3/c1-24(2)33(39)29-11-10-27-17-20-36(21-18-28(27)22-29)19-16-25-8-12-30(13-9-25)35-32(38)15-14-31(37)34-23-26-6-4-3-5-7-26/h3-7,10-11,22,24-25,30H,8-9,12-21,23H2,1-2H3,(H,34,37)(H,35,38). The van der Waals surface area contributed by atoms with Crippen LogP contribution >= 0.6 is 0 Å². The number of ketones is 1. The van der Waals surface area contributed by atoms with Gasteiger partial charge in [-0.25, -0.2) is 0 Å². The minimum Gasteiger partial charge on any atom is -0.353 e. The number of carbonyl (C=O) groups excluding carboxylic acids is 3. The molecule has 0 aromatic heterocycles. The molecule has 0 bridgehead atoms. The third-order valence-electron chi connectivity index (χ3n) is 8.39. The molecule has 2 aromatic rings. The summed E-state index contributed by atoms with van der Waals surface area (Å²) >= 11 is 0. The van der Waals surface area contributed by atoms with Crippen LogP contribution in [-0.2, 0) is 29.0 Å². The fourth-order valence-electron chi connectivity index (χ4n) is 5.85. The summed E-state index contributed by atoms with van der Waals surface area (Å²) in [6, 6.07) is 16.3. The number of nitrogens with one attached hydrogen (secondary N) is 2. The molecule has 6 heteroatoms. The Morgan fingerprint density at radius 1 is 0.872 bits per heavy atom. The number of benzene rings is 2. The van der Waals surface area contributed by atoms with Gasteiger partial charge < -0.3 is 15.5 Å². The predicted octanol–water partition coefficient (Wildman–Crippen LogP) is 5.09. The van der Waals surface area contributed by atoms with Gasteiger partial charge in [0.25, 0.3) is 0 Å². The van der Waals surface area contributed by atoms with Crippen molar-refractivity contribution in [2.45, 2.75) is 84.2 Å². The first-order valence-corrected chi connectivity index (χ1v) is 14.9. The molecule has 2 amide bonds. The highest BCUT2D eigenvalue weighted by atomic mass is 16.2. The maximum Gasteiger partial charge on any atom is 0.220 e. The van der Waals surface area contributed by atoms with Crippen molar-refractivity contribution in [3.05, 3.63) is 70.8 Å². The van der Waals surface area contributed by atoms with Crippen LogP contribution in [0.3, 0.4) is 0 Å². The Bertz CT molecular complexity index is 1110. The van der Waals surface area contributed by atoms with Crippen molar-refractivity contribution in [3.63, 3.8) is 0 Å². The molecular formula is C33H45N3O3. The summed E-state index contributed by atoms with van der Waals surface area (Å²) < 4.78 is 0. The summed E-state index contributed by atoms with van der Waals surface area (Å²) in [5, 5.41) is 6.05. The number of fused-ring (bicyclic) bond motifs is 1. The fourth-order valence-corrected chi connectivity index (χ4v) is 5.85. The average Bonchev–Trinajstić information content (AvgIpc) is 3.16. The first kappa shape index (κ1) is 29.0. The predicted molar refractivity (Wildman–Crippen MR) is 155 cm³/mol. The third-order valence-corrected chi connectivity index (χ3v) is 8.39. The molecule has 210 valence electrons. The number of hydrogen-bond donors (Lipinski definition) is 2. The summed E-state index contributed by atoms with van der Waals surface area (Å²) in [5.74, 6) is 0.873. The van der Waals surface area contributed by atoms with Gasteiger partial charge in [-0.05, 0) is 80.2 Å². The maximum atomic E-state index is 12.4. The Balaban J connectivity index is 1.10. The molecular weight excluding hydrogens is 486 g/mol. The second-order valence-corrected chi connectivity index (χ2v) is 11.7. The van der Waals surface area contributed by atoms with Gasteiger partial charge in [0.2, 0.25) is 11.8 Å². The lowest BCUT2D eigenvalue weighted by atomic mass is 9.84. The van der Waals surface area contributed by atoms with E-state index in [-0.39, 0.29) is 42.4 Å². The van der Waals surface area contributed by atoms with Gasteiger partial charge in [0.05, 0.1) is 0 Å². The van der Waals surface area contributed by atoms with E-state index < -0.39 is 0 Å². The number of hydrogen-bond acceptors (Lipinski definition) is 4. The van der Waals surface area contributed by atoms with Crippen LogP contribution in [-0.4, -0.2) is 48.2 Å². The van der Waals surface area contributed by atoms with Crippen LogP contribution in [0.1, 0.15) is 85.8 Å². The molecule has 1 heterocycles. The Kier molecular flexibility index (Phi) is 10.7. The topological polar surface area (TPSA) is 78.5 Å². The van der Waals surface area contributed by atoms with Gasteiger partial charge in [0.1, 0.15) is 0 Å². The number of amides is 2. The van der Waals surface area contributed by atoms with E-state index in [1.165, 1.54) is 17.5 Å². The number of Topliss-reactive ketones (excluding diaryl/α,β-unsaturated/α-hetero) is 1. The van der Waals surface area contributed by atoms with E-state index in [1.54, 1.807) is 0 Å². The number of carbonyl (C=O) groups is 3. The van der Waals surface area contributed by atoms with Crippen LogP contribution in [0.4, 0.5) is 0 Å². The van der Waals surface area contributed by atoms with Gasteiger partial charge in [0, 0.05) is 50.0 Å². The van der Waals surface area contributed by atoms with Gasteiger partial charge >= 0.3 is 0 Å². The van der Waals surface area contributed by atoms with Crippen molar-refractivity contribution in [2.24, 2.45) is 11.8 Å². The Labute approximate surface area is 233 Å². The van der Waals surface area contributed by atoms with Crippen LogP contribution in [0.15, 0.2) is 48.5 Å². The zero-order chi connectivity index (χ0) is 27.6. The normalized spacial score (nSPS) is 19.7. The quantitative estimate of drug-likeness (QED) is 0.396. The molecule has 0 atom stereocenters. The van der Waals surface area contributed by atoms with Crippen molar-refractivity contribution >= 4 is 17.6 Å². The molecule has 6 nitrogen and oxygen atoms in total. The lowest BCUT2D eigenvalue weighted by Crippen LogP contribution is -2.38. The molecule has 2 aliphatic rings. The Morgan fingerprint density at radius 3 is 2.28 bits per heavy atom. The summed E-state index contributed by atoms with van der Waals surface area (Å²) in [6.07, 6.45) is 8.08. The smallest absolute Gasteiger partial charge is 0.220 e. The molecule has 0 saturated heterocycles. The fraction of sp³-hybridized carbons (Fsp3) is 0.545. The molecule has 0 spiro atoms. The minimum atomic E-state index is -0.0844. The summed E-state index contributed by atoms with van der Waals surface area (Å²) in [4.78, 5) is 39.5. The first-order chi connectivity index (χ1) is 18.9. The second kappa shape index (κ2) is 14.4. The van der Waals surface area contributed by atoms with E-state index in [2.05, 4.69) is 27.7 Å².